The van der Waals surface area contributed by atoms with E-state index in [9.17, 15) is 4.79 Å². The smallest absolute Gasteiger partial charge is 0.315 e. The Morgan fingerprint density at radius 2 is 1.80 bits per heavy atom. The van der Waals surface area contributed by atoms with Crippen LogP contribution in [0.3, 0.4) is 0 Å². The molecule has 0 spiro atoms. The van der Waals surface area contributed by atoms with Crippen LogP contribution in [0.4, 0.5) is 4.79 Å². The van der Waals surface area contributed by atoms with E-state index in [0.29, 0.717) is 5.92 Å². The number of hydrogen-bond donors (Lipinski definition) is 3. The summed E-state index contributed by atoms with van der Waals surface area (Å²) in [5, 5.41) is 15.3. The summed E-state index contributed by atoms with van der Waals surface area (Å²) in [6.45, 7) is 0.274. The van der Waals surface area contributed by atoms with Crippen molar-refractivity contribution in [2.45, 2.75) is 69.6 Å². The monoisotopic (exact) mass is 284 g/mol. The number of ether oxygens (including phenoxy) is 1. The van der Waals surface area contributed by atoms with Gasteiger partial charge in [-0.15, -0.1) is 0 Å². The minimum Gasteiger partial charge on any atom is -0.396 e. The van der Waals surface area contributed by atoms with Gasteiger partial charge in [0, 0.05) is 19.8 Å². The molecule has 2 atom stereocenters. The van der Waals surface area contributed by atoms with Gasteiger partial charge in [-0.1, -0.05) is 12.8 Å². The fraction of sp³-hybridized carbons (Fsp3) is 0.933. The van der Waals surface area contributed by atoms with Crippen LogP contribution in [0.25, 0.3) is 0 Å². The molecule has 20 heavy (non-hydrogen) atoms. The van der Waals surface area contributed by atoms with Crippen molar-refractivity contribution in [1.29, 1.82) is 0 Å². The van der Waals surface area contributed by atoms with E-state index >= 15 is 0 Å². The molecular formula is C15H28N2O3. The van der Waals surface area contributed by atoms with Crippen molar-refractivity contribution in [1.82, 2.24) is 10.6 Å². The minimum atomic E-state index is -0.0635. The van der Waals surface area contributed by atoms with Gasteiger partial charge < -0.3 is 20.5 Å². The zero-order valence-corrected chi connectivity index (χ0v) is 12.4. The Bertz CT molecular complexity index is 303. The number of aliphatic hydroxyl groups excluding tert-OH is 1. The van der Waals surface area contributed by atoms with Gasteiger partial charge in [0.15, 0.2) is 0 Å². The Balaban J connectivity index is 1.72. The molecule has 0 saturated heterocycles. The fourth-order valence-electron chi connectivity index (χ4n) is 3.43. The largest absolute Gasteiger partial charge is 0.396 e. The van der Waals surface area contributed by atoms with Crippen LogP contribution in [0.5, 0.6) is 0 Å². The van der Waals surface area contributed by atoms with Gasteiger partial charge in [-0.05, 0) is 44.4 Å². The van der Waals surface area contributed by atoms with Crippen LogP contribution in [-0.4, -0.2) is 43.0 Å². The van der Waals surface area contributed by atoms with Gasteiger partial charge >= 0.3 is 6.03 Å². The number of hydrogen-bond acceptors (Lipinski definition) is 3. The molecule has 0 radical (unpaired) electrons. The highest BCUT2D eigenvalue weighted by molar-refractivity contribution is 5.74. The lowest BCUT2D eigenvalue weighted by molar-refractivity contribution is 0.0449. The second-order valence-electron chi connectivity index (χ2n) is 6.18. The van der Waals surface area contributed by atoms with Crippen LogP contribution in [0.2, 0.25) is 0 Å². The van der Waals surface area contributed by atoms with Gasteiger partial charge in [-0.2, -0.15) is 0 Å². The topological polar surface area (TPSA) is 70.6 Å². The highest BCUT2D eigenvalue weighted by atomic mass is 16.5. The van der Waals surface area contributed by atoms with Gasteiger partial charge in [0.2, 0.25) is 0 Å². The summed E-state index contributed by atoms with van der Waals surface area (Å²) in [4.78, 5) is 12.1. The first-order chi connectivity index (χ1) is 9.72. The van der Waals surface area contributed by atoms with Crippen LogP contribution < -0.4 is 10.6 Å². The summed E-state index contributed by atoms with van der Waals surface area (Å²) >= 11 is 0. The molecule has 2 aliphatic carbocycles. The summed E-state index contributed by atoms with van der Waals surface area (Å²) in [7, 11) is 1.72. The quantitative estimate of drug-likeness (QED) is 0.737. The van der Waals surface area contributed by atoms with E-state index in [1.54, 1.807) is 7.11 Å². The van der Waals surface area contributed by atoms with Crippen molar-refractivity contribution in [3.05, 3.63) is 0 Å². The summed E-state index contributed by atoms with van der Waals surface area (Å²) in [6, 6.07) is 0.330. The molecule has 2 unspecified atom stereocenters. The number of carbonyl (C=O) groups is 1. The summed E-state index contributed by atoms with van der Waals surface area (Å²) < 4.78 is 5.45. The molecule has 2 amide bonds. The van der Waals surface area contributed by atoms with E-state index in [0.717, 1.165) is 44.9 Å². The van der Waals surface area contributed by atoms with Crippen molar-refractivity contribution in [3.63, 3.8) is 0 Å². The molecule has 0 aromatic heterocycles. The van der Waals surface area contributed by atoms with Gasteiger partial charge in [0.1, 0.15) is 0 Å². The molecule has 2 aliphatic rings. The fourth-order valence-corrected chi connectivity index (χ4v) is 3.43. The van der Waals surface area contributed by atoms with Crippen LogP contribution in [0.15, 0.2) is 0 Å². The Morgan fingerprint density at radius 1 is 1.10 bits per heavy atom. The number of methoxy groups -OCH3 is 1. The number of carbonyl (C=O) groups excluding carboxylic acids is 1. The normalized spacial score (nSPS) is 34.5. The Hall–Kier alpha value is -0.810. The van der Waals surface area contributed by atoms with E-state index in [1.165, 1.54) is 6.42 Å². The van der Waals surface area contributed by atoms with E-state index in [2.05, 4.69) is 10.6 Å². The molecule has 116 valence electrons. The van der Waals surface area contributed by atoms with Crippen molar-refractivity contribution < 1.29 is 14.6 Å². The first kappa shape index (κ1) is 15.6. The molecule has 0 heterocycles. The Morgan fingerprint density at radius 3 is 2.45 bits per heavy atom. The maximum Gasteiger partial charge on any atom is 0.315 e. The van der Waals surface area contributed by atoms with Crippen molar-refractivity contribution in [2.75, 3.05) is 13.7 Å². The van der Waals surface area contributed by atoms with Gasteiger partial charge in [-0.3, -0.25) is 0 Å². The van der Waals surface area contributed by atoms with Crippen molar-refractivity contribution in [2.24, 2.45) is 5.92 Å². The molecule has 0 bridgehead atoms. The number of amides is 2. The van der Waals surface area contributed by atoms with Crippen molar-refractivity contribution in [3.8, 4) is 0 Å². The lowest BCUT2D eigenvalue weighted by Crippen LogP contribution is -2.52. The predicted molar refractivity (Wildman–Crippen MR) is 77.6 cm³/mol. The maximum atomic E-state index is 12.1. The average molecular weight is 284 g/mol. The SMILES string of the molecule is COC1CCCCC1NC(=O)NC1CCC(CO)CC1. The van der Waals surface area contributed by atoms with Crippen LogP contribution in [0.1, 0.15) is 51.4 Å². The Labute approximate surface area is 121 Å². The molecule has 2 rings (SSSR count). The minimum absolute atomic E-state index is 0.0635. The van der Waals surface area contributed by atoms with E-state index in [4.69, 9.17) is 9.84 Å². The van der Waals surface area contributed by atoms with E-state index < -0.39 is 0 Å². The van der Waals surface area contributed by atoms with Crippen LogP contribution in [-0.2, 0) is 4.74 Å². The Kier molecular flexibility index (Phi) is 6.10. The highest BCUT2D eigenvalue weighted by Crippen LogP contribution is 2.24. The first-order valence-electron chi connectivity index (χ1n) is 7.93. The summed E-state index contributed by atoms with van der Waals surface area (Å²) in [5.74, 6) is 0.423. The number of rotatable bonds is 4. The molecule has 0 aromatic carbocycles. The molecule has 2 fully saturated rings. The van der Waals surface area contributed by atoms with E-state index in [-0.39, 0.29) is 30.8 Å². The lowest BCUT2D eigenvalue weighted by atomic mass is 9.86. The predicted octanol–water partition coefficient (Wildman–Crippen LogP) is 1.79. The molecule has 5 nitrogen and oxygen atoms in total. The number of nitrogens with one attached hydrogen (secondary N) is 2. The van der Waals surface area contributed by atoms with Gasteiger partial charge in [0.05, 0.1) is 12.1 Å². The van der Waals surface area contributed by atoms with Crippen LogP contribution >= 0.6 is 0 Å². The van der Waals surface area contributed by atoms with Gasteiger partial charge in [-0.25, -0.2) is 4.79 Å². The molecular weight excluding hydrogens is 256 g/mol. The third-order valence-electron chi connectivity index (χ3n) is 4.76. The third kappa shape index (κ3) is 4.35. The maximum absolute atomic E-state index is 12.1. The summed E-state index contributed by atoms with van der Waals surface area (Å²) in [6.07, 6.45) is 8.48. The summed E-state index contributed by atoms with van der Waals surface area (Å²) in [5.41, 5.74) is 0. The highest BCUT2D eigenvalue weighted by Gasteiger charge is 2.27. The molecule has 0 aliphatic heterocycles. The lowest BCUT2D eigenvalue weighted by Gasteiger charge is -2.32. The number of urea groups is 1. The zero-order chi connectivity index (χ0) is 14.4. The number of aliphatic hydroxyl groups is 1. The molecule has 5 heteroatoms. The zero-order valence-electron chi connectivity index (χ0n) is 12.4. The van der Waals surface area contributed by atoms with Crippen molar-refractivity contribution >= 4 is 6.03 Å². The van der Waals surface area contributed by atoms with Crippen LogP contribution in [0, 0.1) is 5.92 Å². The van der Waals surface area contributed by atoms with Gasteiger partial charge in [0.25, 0.3) is 0 Å². The second-order valence-corrected chi connectivity index (χ2v) is 6.18. The first-order valence-corrected chi connectivity index (χ1v) is 7.93. The third-order valence-corrected chi connectivity index (χ3v) is 4.76. The molecule has 2 saturated carbocycles. The molecule has 3 N–H and O–H groups in total. The second kappa shape index (κ2) is 7.84. The molecule has 0 aromatic rings. The average Bonchev–Trinajstić information content (AvgIpc) is 2.48. The van der Waals surface area contributed by atoms with E-state index in [1.807, 2.05) is 0 Å². The standard InChI is InChI=1S/C15H28N2O3/c1-20-14-5-3-2-4-13(14)17-15(19)16-12-8-6-11(10-18)7-9-12/h11-14,18H,2-10H2,1H3,(H2,16,17,19).